The van der Waals surface area contributed by atoms with E-state index in [0.717, 1.165) is 29.8 Å². The first-order chi connectivity index (χ1) is 12.8. The molecule has 1 aliphatic heterocycles. The minimum atomic E-state index is -0.494. The van der Waals surface area contributed by atoms with E-state index in [1.165, 1.54) is 11.3 Å². The van der Waals surface area contributed by atoms with Gasteiger partial charge in [0.15, 0.2) is 12.1 Å². The third kappa shape index (κ3) is 3.67. The van der Waals surface area contributed by atoms with Crippen molar-refractivity contribution >= 4 is 17.2 Å². The van der Waals surface area contributed by atoms with Gasteiger partial charge >= 0.3 is 5.91 Å². The monoisotopic (exact) mass is 370 g/mol. The van der Waals surface area contributed by atoms with Crippen LogP contribution in [0.1, 0.15) is 29.9 Å². The van der Waals surface area contributed by atoms with Gasteiger partial charge in [0.2, 0.25) is 5.82 Å². The van der Waals surface area contributed by atoms with Gasteiger partial charge in [0.05, 0.1) is 10.6 Å². The second-order valence-electron chi connectivity index (χ2n) is 5.83. The van der Waals surface area contributed by atoms with Gasteiger partial charge in [-0.25, -0.2) is 20.0 Å². The summed E-state index contributed by atoms with van der Waals surface area (Å²) in [6.45, 7) is 0.643. The first-order valence-corrected chi connectivity index (χ1v) is 9.33. The minimum absolute atomic E-state index is 0.0491. The van der Waals surface area contributed by atoms with Crippen molar-refractivity contribution in [3.8, 4) is 16.4 Å². The topological polar surface area (TPSA) is 78.3 Å². The lowest BCUT2D eigenvalue weighted by Crippen LogP contribution is -2.33. The zero-order valence-corrected chi connectivity index (χ0v) is 14.8. The molecule has 1 fully saturated rings. The molecule has 0 radical (unpaired) electrons. The highest BCUT2D eigenvalue weighted by atomic mass is 32.1. The van der Waals surface area contributed by atoms with Gasteiger partial charge < -0.3 is 4.74 Å². The molecule has 3 aromatic rings. The van der Waals surface area contributed by atoms with Crippen LogP contribution >= 0.6 is 11.3 Å². The third-order valence-electron chi connectivity index (χ3n) is 3.97. The standard InChI is InChI=1S/C18H18N4O3S/c23-18(21-25-15-10-4-5-11-24-15)16-19-17(14-9-6-12-26-14)22(20-16)13-7-2-1-3-8-13/h1-3,6-9,12,15H,4-5,10-11H2,(H,21,23). The highest BCUT2D eigenvalue weighted by Gasteiger charge is 2.21. The van der Waals surface area contributed by atoms with Crippen molar-refractivity contribution in [1.82, 2.24) is 20.2 Å². The maximum Gasteiger partial charge on any atom is 0.314 e. The number of rotatable bonds is 5. The highest BCUT2D eigenvalue weighted by molar-refractivity contribution is 7.13. The van der Waals surface area contributed by atoms with Gasteiger partial charge in [-0.3, -0.25) is 4.79 Å². The number of benzene rings is 1. The van der Waals surface area contributed by atoms with Gasteiger partial charge in [-0.1, -0.05) is 24.3 Å². The van der Waals surface area contributed by atoms with Crippen LogP contribution in [0.4, 0.5) is 0 Å². The fraction of sp³-hybridized carbons (Fsp3) is 0.278. The molecule has 8 heteroatoms. The van der Waals surface area contributed by atoms with Crippen LogP contribution in [0.25, 0.3) is 16.4 Å². The van der Waals surface area contributed by atoms with Crippen LogP contribution in [0, 0.1) is 0 Å². The molecule has 7 nitrogen and oxygen atoms in total. The van der Waals surface area contributed by atoms with Crippen LogP contribution in [-0.2, 0) is 9.57 Å². The molecule has 0 bridgehead atoms. The fourth-order valence-corrected chi connectivity index (χ4v) is 3.39. The van der Waals surface area contributed by atoms with Crippen LogP contribution in [0.5, 0.6) is 0 Å². The Morgan fingerprint density at radius 3 is 2.85 bits per heavy atom. The maximum absolute atomic E-state index is 12.4. The molecule has 1 aliphatic rings. The van der Waals surface area contributed by atoms with Gasteiger partial charge in [-0.15, -0.1) is 16.4 Å². The van der Waals surface area contributed by atoms with Crippen molar-refractivity contribution in [2.45, 2.75) is 25.6 Å². The molecule has 0 saturated carbocycles. The summed E-state index contributed by atoms with van der Waals surface area (Å²) in [5.41, 5.74) is 3.24. The predicted molar refractivity (Wildman–Crippen MR) is 96.8 cm³/mol. The number of nitrogens with zero attached hydrogens (tertiary/aromatic N) is 3. The second-order valence-corrected chi connectivity index (χ2v) is 6.78. The average molecular weight is 370 g/mol. The van der Waals surface area contributed by atoms with Crippen molar-refractivity contribution in [3.63, 3.8) is 0 Å². The van der Waals surface area contributed by atoms with E-state index in [0.29, 0.717) is 12.4 Å². The summed E-state index contributed by atoms with van der Waals surface area (Å²) in [6.07, 6.45) is 2.37. The average Bonchev–Trinajstić information content (AvgIpc) is 3.37. The zero-order chi connectivity index (χ0) is 17.8. The van der Waals surface area contributed by atoms with Crippen molar-refractivity contribution < 1.29 is 14.4 Å². The van der Waals surface area contributed by atoms with Crippen LogP contribution in [0.15, 0.2) is 47.8 Å². The first kappa shape index (κ1) is 16.9. The lowest BCUT2D eigenvalue weighted by atomic mass is 10.2. The number of carbonyl (C=O) groups is 1. The summed E-state index contributed by atoms with van der Waals surface area (Å²) in [4.78, 5) is 23.1. The highest BCUT2D eigenvalue weighted by Crippen LogP contribution is 2.25. The molecular formula is C18H18N4O3S. The van der Waals surface area contributed by atoms with Crippen LogP contribution in [0.3, 0.4) is 0 Å². The second kappa shape index (κ2) is 7.77. The van der Waals surface area contributed by atoms with E-state index in [2.05, 4.69) is 15.6 Å². The number of hydrogen-bond donors (Lipinski definition) is 1. The largest absolute Gasteiger partial charge is 0.350 e. The molecular weight excluding hydrogens is 352 g/mol. The van der Waals surface area contributed by atoms with E-state index in [1.54, 1.807) is 4.68 Å². The van der Waals surface area contributed by atoms with Crippen molar-refractivity contribution in [3.05, 3.63) is 53.7 Å². The molecule has 4 rings (SSSR count). The Bertz CT molecular complexity index is 858. The van der Waals surface area contributed by atoms with E-state index in [-0.39, 0.29) is 5.82 Å². The van der Waals surface area contributed by atoms with Crippen molar-refractivity contribution in [1.29, 1.82) is 0 Å². The molecule has 134 valence electrons. The van der Waals surface area contributed by atoms with E-state index in [1.807, 2.05) is 47.8 Å². The summed E-state index contributed by atoms with van der Waals surface area (Å²) in [6, 6.07) is 13.5. The Labute approximate surface area is 154 Å². The smallest absolute Gasteiger partial charge is 0.314 e. The van der Waals surface area contributed by atoms with Gasteiger partial charge in [-0.05, 0) is 36.4 Å². The Hall–Kier alpha value is -2.55. The van der Waals surface area contributed by atoms with Crippen LogP contribution < -0.4 is 5.48 Å². The molecule has 2 aromatic heterocycles. The summed E-state index contributed by atoms with van der Waals surface area (Å²) < 4.78 is 7.10. The fourth-order valence-electron chi connectivity index (χ4n) is 2.69. The minimum Gasteiger partial charge on any atom is -0.350 e. The number of amides is 1. The van der Waals surface area contributed by atoms with Gasteiger partial charge in [0, 0.05) is 13.0 Å². The number of para-hydroxylation sites is 1. The lowest BCUT2D eigenvalue weighted by molar-refractivity contribution is -0.186. The molecule has 1 atom stereocenters. The number of hydrogen-bond acceptors (Lipinski definition) is 6. The number of hydroxylamine groups is 1. The molecule has 26 heavy (non-hydrogen) atoms. The van der Waals surface area contributed by atoms with E-state index >= 15 is 0 Å². The number of aromatic nitrogens is 3. The zero-order valence-electron chi connectivity index (χ0n) is 14.0. The summed E-state index contributed by atoms with van der Waals surface area (Å²) in [7, 11) is 0. The number of nitrogens with one attached hydrogen (secondary N) is 1. The molecule has 0 aliphatic carbocycles. The Kier molecular flexibility index (Phi) is 5.05. The molecule has 1 N–H and O–H groups in total. The van der Waals surface area contributed by atoms with E-state index < -0.39 is 12.2 Å². The Balaban J connectivity index is 1.57. The molecule has 1 saturated heterocycles. The van der Waals surface area contributed by atoms with Gasteiger partial charge in [-0.2, -0.15) is 0 Å². The quantitative estimate of drug-likeness (QED) is 0.698. The summed E-state index contributed by atoms with van der Waals surface area (Å²) >= 11 is 1.54. The number of thiophene rings is 1. The Morgan fingerprint density at radius 2 is 2.12 bits per heavy atom. The van der Waals surface area contributed by atoms with Gasteiger partial charge in [0.25, 0.3) is 0 Å². The van der Waals surface area contributed by atoms with Crippen molar-refractivity contribution in [2.24, 2.45) is 0 Å². The predicted octanol–water partition coefficient (Wildman–Crippen LogP) is 3.18. The summed E-state index contributed by atoms with van der Waals surface area (Å²) in [5.74, 6) is 0.171. The third-order valence-corrected chi connectivity index (χ3v) is 4.84. The normalized spacial score (nSPS) is 17.2. The molecule has 0 spiro atoms. The molecule has 1 unspecified atom stereocenters. The maximum atomic E-state index is 12.4. The molecule has 1 amide bonds. The SMILES string of the molecule is O=C(NOC1CCCCO1)c1nc(-c2cccs2)n(-c2ccccc2)n1. The van der Waals surface area contributed by atoms with E-state index in [9.17, 15) is 4.79 Å². The molecule has 1 aromatic carbocycles. The first-order valence-electron chi connectivity index (χ1n) is 8.45. The van der Waals surface area contributed by atoms with Gasteiger partial charge in [0.1, 0.15) is 0 Å². The lowest BCUT2D eigenvalue weighted by Gasteiger charge is -2.21. The van der Waals surface area contributed by atoms with Crippen molar-refractivity contribution in [2.75, 3.05) is 6.61 Å². The van der Waals surface area contributed by atoms with Crippen LogP contribution in [-0.4, -0.2) is 33.6 Å². The van der Waals surface area contributed by atoms with Crippen LogP contribution in [0.2, 0.25) is 0 Å². The number of ether oxygens (including phenoxy) is 1. The molecule has 3 heterocycles. The Morgan fingerprint density at radius 1 is 1.23 bits per heavy atom. The van der Waals surface area contributed by atoms with E-state index in [4.69, 9.17) is 9.57 Å². The summed E-state index contributed by atoms with van der Waals surface area (Å²) in [5, 5.41) is 6.34. The number of carbonyl (C=O) groups excluding carboxylic acids is 1.